The van der Waals surface area contributed by atoms with Gasteiger partial charge in [0.25, 0.3) is 5.91 Å². The van der Waals surface area contributed by atoms with Crippen LogP contribution in [0.1, 0.15) is 33.3 Å². The normalized spacial score (nSPS) is 11.2. The van der Waals surface area contributed by atoms with Gasteiger partial charge in [0.1, 0.15) is 0 Å². The third kappa shape index (κ3) is 6.02. The Kier molecular flexibility index (Phi) is 7.32. The molecule has 0 unspecified atom stereocenters. The fraction of sp³-hybridized carbons (Fsp3) is 0.412. The van der Waals surface area contributed by atoms with E-state index in [4.69, 9.17) is 4.74 Å². The summed E-state index contributed by atoms with van der Waals surface area (Å²) in [6, 6.07) is 7.68. The molecule has 0 N–H and O–H groups in total. The second-order valence-corrected chi connectivity index (χ2v) is 6.40. The zero-order chi connectivity index (χ0) is 16.7. The first-order chi connectivity index (χ1) is 10.3. The Hall–Kier alpha value is -1.62. The number of rotatable bonds is 6. The lowest BCUT2D eigenvalue weighted by atomic mass is 10.2. The van der Waals surface area contributed by atoms with E-state index >= 15 is 0 Å². The Bertz CT molecular complexity index is 545. The van der Waals surface area contributed by atoms with E-state index in [1.165, 1.54) is 6.08 Å². The predicted octanol–water partition coefficient (Wildman–Crippen LogP) is 3.65. The van der Waals surface area contributed by atoms with Crippen LogP contribution in [0, 0.1) is 0 Å². The average Bonchev–Trinajstić information content (AvgIpc) is 2.42. The molecule has 5 heteroatoms. The van der Waals surface area contributed by atoms with Gasteiger partial charge in [0.15, 0.2) is 6.61 Å². The van der Waals surface area contributed by atoms with Gasteiger partial charge in [-0.1, -0.05) is 28.1 Å². The van der Waals surface area contributed by atoms with Crippen LogP contribution in [-0.4, -0.2) is 35.5 Å². The SMILES string of the molecule is CC(C)N(C(=O)COC(=O)/C=C/c1cccc(Br)c1)C(C)C. The number of amides is 1. The number of halogens is 1. The monoisotopic (exact) mass is 367 g/mol. The molecule has 0 atom stereocenters. The summed E-state index contributed by atoms with van der Waals surface area (Å²) in [4.78, 5) is 25.4. The van der Waals surface area contributed by atoms with Crippen LogP contribution in [0.5, 0.6) is 0 Å². The fourth-order valence-electron chi connectivity index (χ4n) is 2.20. The number of hydrogen-bond acceptors (Lipinski definition) is 3. The van der Waals surface area contributed by atoms with Crippen LogP contribution in [0.25, 0.3) is 6.08 Å². The number of benzene rings is 1. The molecule has 22 heavy (non-hydrogen) atoms. The van der Waals surface area contributed by atoms with E-state index in [9.17, 15) is 9.59 Å². The van der Waals surface area contributed by atoms with Crippen LogP contribution in [0.3, 0.4) is 0 Å². The maximum Gasteiger partial charge on any atom is 0.331 e. The van der Waals surface area contributed by atoms with Crippen molar-refractivity contribution in [1.29, 1.82) is 0 Å². The van der Waals surface area contributed by atoms with Gasteiger partial charge in [-0.2, -0.15) is 0 Å². The molecule has 0 aliphatic heterocycles. The molecule has 0 aliphatic carbocycles. The van der Waals surface area contributed by atoms with Crippen LogP contribution < -0.4 is 0 Å². The number of carbonyl (C=O) groups excluding carboxylic acids is 2. The minimum Gasteiger partial charge on any atom is -0.452 e. The summed E-state index contributed by atoms with van der Waals surface area (Å²) in [5, 5.41) is 0. The quantitative estimate of drug-likeness (QED) is 0.569. The van der Waals surface area contributed by atoms with Crippen molar-refractivity contribution in [2.24, 2.45) is 0 Å². The highest BCUT2D eigenvalue weighted by molar-refractivity contribution is 9.10. The summed E-state index contributed by atoms with van der Waals surface area (Å²) < 4.78 is 5.94. The second kappa shape index (κ2) is 8.73. The first kappa shape index (κ1) is 18.4. The maximum absolute atomic E-state index is 12.1. The van der Waals surface area contributed by atoms with Crippen molar-refractivity contribution < 1.29 is 14.3 Å². The summed E-state index contributed by atoms with van der Waals surface area (Å²) >= 11 is 3.36. The molecule has 0 aliphatic rings. The molecule has 0 bridgehead atoms. The minimum absolute atomic E-state index is 0.0726. The van der Waals surface area contributed by atoms with E-state index in [-0.39, 0.29) is 24.6 Å². The summed E-state index contributed by atoms with van der Waals surface area (Å²) in [7, 11) is 0. The maximum atomic E-state index is 12.1. The van der Waals surface area contributed by atoms with E-state index in [0.29, 0.717) is 0 Å². The highest BCUT2D eigenvalue weighted by Crippen LogP contribution is 2.12. The topological polar surface area (TPSA) is 46.6 Å². The molecule has 120 valence electrons. The Morgan fingerprint density at radius 1 is 1.23 bits per heavy atom. The highest BCUT2D eigenvalue weighted by atomic mass is 79.9. The molecule has 0 fully saturated rings. The van der Waals surface area contributed by atoms with Gasteiger partial charge < -0.3 is 9.64 Å². The standard InChI is InChI=1S/C17H22BrNO3/c1-12(2)19(13(3)4)16(20)11-22-17(21)9-8-14-6-5-7-15(18)10-14/h5-10,12-13H,11H2,1-4H3/b9-8+. The van der Waals surface area contributed by atoms with Gasteiger partial charge in [-0.05, 0) is 51.5 Å². The van der Waals surface area contributed by atoms with Crippen molar-refractivity contribution in [1.82, 2.24) is 4.90 Å². The zero-order valence-electron chi connectivity index (χ0n) is 13.4. The lowest BCUT2D eigenvalue weighted by Crippen LogP contribution is -2.44. The Balaban J connectivity index is 2.54. The summed E-state index contributed by atoms with van der Waals surface area (Å²) in [6.45, 7) is 7.51. The lowest BCUT2D eigenvalue weighted by Gasteiger charge is -2.30. The molecular formula is C17H22BrNO3. The Morgan fingerprint density at radius 2 is 1.86 bits per heavy atom. The van der Waals surface area contributed by atoms with Crippen molar-refractivity contribution in [3.8, 4) is 0 Å². The zero-order valence-corrected chi connectivity index (χ0v) is 15.0. The van der Waals surface area contributed by atoms with Gasteiger partial charge in [0.2, 0.25) is 0 Å². The van der Waals surface area contributed by atoms with Crippen LogP contribution >= 0.6 is 15.9 Å². The molecule has 0 radical (unpaired) electrons. The molecule has 0 saturated heterocycles. The van der Waals surface area contributed by atoms with Gasteiger partial charge in [-0.3, -0.25) is 4.79 Å². The van der Waals surface area contributed by atoms with E-state index < -0.39 is 5.97 Å². The molecule has 1 rings (SSSR count). The molecule has 0 spiro atoms. The molecule has 1 amide bonds. The molecular weight excluding hydrogens is 346 g/mol. The van der Waals surface area contributed by atoms with Gasteiger partial charge in [0, 0.05) is 22.6 Å². The molecule has 4 nitrogen and oxygen atoms in total. The van der Waals surface area contributed by atoms with Crippen molar-refractivity contribution in [3.63, 3.8) is 0 Å². The van der Waals surface area contributed by atoms with Gasteiger partial charge >= 0.3 is 5.97 Å². The van der Waals surface area contributed by atoms with Gasteiger partial charge in [0.05, 0.1) is 0 Å². The van der Waals surface area contributed by atoms with Crippen molar-refractivity contribution in [2.45, 2.75) is 39.8 Å². The van der Waals surface area contributed by atoms with Crippen molar-refractivity contribution in [3.05, 3.63) is 40.4 Å². The lowest BCUT2D eigenvalue weighted by molar-refractivity contribution is -0.150. The number of esters is 1. The molecule has 0 saturated carbocycles. The van der Waals surface area contributed by atoms with Crippen LogP contribution in [0.4, 0.5) is 0 Å². The summed E-state index contributed by atoms with van der Waals surface area (Å²) in [6.07, 6.45) is 2.98. The van der Waals surface area contributed by atoms with Gasteiger partial charge in [-0.25, -0.2) is 4.79 Å². The molecule has 1 aromatic rings. The number of nitrogens with zero attached hydrogens (tertiary/aromatic N) is 1. The minimum atomic E-state index is -0.527. The molecule has 0 aromatic heterocycles. The Labute approximate surface area is 140 Å². The number of carbonyl (C=O) groups is 2. The van der Waals surface area contributed by atoms with Crippen LogP contribution in [0.2, 0.25) is 0 Å². The summed E-state index contributed by atoms with van der Waals surface area (Å²) in [5.41, 5.74) is 0.878. The van der Waals surface area contributed by atoms with E-state index in [1.54, 1.807) is 11.0 Å². The highest BCUT2D eigenvalue weighted by Gasteiger charge is 2.20. The summed E-state index contributed by atoms with van der Waals surface area (Å²) in [5.74, 6) is -0.713. The van der Waals surface area contributed by atoms with E-state index in [1.807, 2.05) is 52.0 Å². The van der Waals surface area contributed by atoms with E-state index in [2.05, 4.69) is 15.9 Å². The number of hydrogen-bond donors (Lipinski definition) is 0. The molecule has 0 heterocycles. The van der Waals surface area contributed by atoms with Gasteiger partial charge in [-0.15, -0.1) is 0 Å². The first-order valence-electron chi connectivity index (χ1n) is 7.23. The third-order valence-corrected chi connectivity index (χ3v) is 3.49. The van der Waals surface area contributed by atoms with E-state index in [0.717, 1.165) is 10.0 Å². The fourth-order valence-corrected chi connectivity index (χ4v) is 2.62. The van der Waals surface area contributed by atoms with Crippen molar-refractivity contribution >= 4 is 33.9 Å². The van der Waals surface area contributed by atoms with Crippen LogP contribution in [-0.2, 0) is 14.3 Å². The smallest absolute Gasteiger partial charge is 0.331 e. The Morgan fingerprint density at radius 3 is 2.41 bits per heavy atom. The van der Waals surface area contributed by atoms with Crippen LogP contribution in [0.15, 0.2) is 34.8 Å². The van der Waals surface area contributed by atoms with Crippen molar-refractivity contribution in [2.75, 3.05) is 6.61 Å². The second-order valence-electron chi connectivity index (χ2n) is 5.48. The third-order valence-electron chi connectivity index (χ3n) is 3.00. The predicted molar refractivity (Wildman–Crippen MR) is 91.3 cm³/mol. The first-order valence-corrected chi connectivity index (χ1v) is 8.02. The molecule has 1 aromatic carbocycles. The number of ether oxygens (including phenoxy) is 1. The largest absolute Gasteiger partial charge is 0.452 e. The average molecular weight is 368 g/mol.